The van der Waals surface area contributed by atoms with Gasteiger partial charge >= 0.3 is 6.47 Å². The first kappa shape index (κ1) is 9.86. The largest absolute Gasteiger partial charge is 0.495 e. The Labute approximate surface area is 81.2 Å². The van der Waals surface area contributed by atoms with E-state index in [1.165, 1.54) is 13.6 Å². The van der Waals surface area contributed by atoms with Crippen molar-refractivity contribution in [2.75, 3.05) is 7.11 Å². The number of ether oxygens (including phenoxy) is 2. The van der Waals surface area contributed by atoms with Crippen molar-refractivity contribution in [1.82, 2.24) is 0 Å². The topological polar surface area (TPSA) is 35.5 Å². The lowest BCUT2D eigenvalue weighted by atomic mass is 10.2. The Hall–Kier alpha value is -1.22. The van der Waals surface area contributed by atoms with Gasteiger partial charge in [0.1, 0.15) is 12.4 Å². The SMILES string of the molecule is COc1ccc(CO[C]=O)cc1Cl. The van der Waals surface area contributed by atoms with Crippen molar-refractivity contribution in [2.45, 2.75) is 6.61 Å². The van der Waals surface area contributed by atoms with Crippen molar-refractivity contribution in [3.05, 3.63) is 28.8 Å². The number of hydrogen-bond donors (Lipinski definition) is 0. The van der Waals surface area contributed by atoms with Crippen LogP contribution in [0.2, 0.25) is 5.02 Å². The first-order valence-electron chi connectivity index (χ1n) is 3.59. The Morgan fingerprint density at radius 2 is 2.31 bits per heavy atom. The summed E-state index contributed by atoms with van der Waals surface area (Å²) in [5.41, 5.74) is 0.800. The van der Waals surface area contributed by atoms with Crippen LogP contribution in [0.15, 0.2) is 18.2 Å². The van der Waals surface area contributed by atoms with Gasteiger partial charge in [0, 0.05) is 0 Å². The lowest BCUT2D eigenvalue weighted by Crippen LogP contribution is -1.91. The molecule has 1 radical (unpaired) electrons. The lowest BCUT2D eigenvalue weighted by Gasteiger charge is -2.04. The molecule has 0 aromatic heterocycles. The third kappa shape index (κ3) is 2.63. The standard InChI is InChI=1S/C9H8ClO3/c1-12-9-3-2-7(4-8(9)10)5-13-6-11/h2-4H,5H2,1H3. The van der Waals surface area contributed by atoms with Crippen molar-refractivity contribution in [3.63, 3.8) is 0 Å². The molecule has 0 N–H and O–H groups in total. The Kier molecular flexibility index (Phi) is 3.58. The van der Waals surface area contributed by atoms with Crippen LogP contribution in [0.5, 0.6) is 5.75 Å². The van der Waals surface area contributed by atoms with Crippen molar-refractivity contribution in [3.8, 4) is 5.75 Å². The fraction of sp³-hybridized carbons (Fsp3) is 0.222. The Bertz CT molecular complexity index is 299. The molecule has 1 aromatic carbocycles. The first-order chi connectivity index (χ1) is 6.27. The molecule has 0 spiro atoms. The molecule has 4 heteroatoms. The molecule has 0 saturated heterocycles. The summed E-state index contributed by atoms with van der Waals surface area (Å²) in [5.74, 6) is 0.598. The summed E-state index contributed by atoms with van der Waals surface area (Å²) in [6.45, 7) is 1.51. The third-order valence-corrected chi connectivity index (χ3v) is 1.81. The normalized spacial score (nSPS) is 9.38. The van der Waals surface area contributed by atoms with Crippen LogP contribution >= 0.6 is 11.6 Å². The molecular weight excluding hydrogens is 192 g/mol. The van der Waals surface area contributed by atoms with Crippen molar-refractivity contribution in [1.29, 1.82) is 0 Å². The van der Waals surface area contributed by atoms with Crippen molar-refractivity contribution >= 4 is 18.1 Å². The van der Waals surface area contributed by atoms with Gasteiger partial charge in [0.15, 0.2) is 0 Å². The van der Waals surface area contributed by atoms with Crippen LogP contribution in [-0.4, -0.2) is 13.6 Å². The summed E-state index contributed by atoms with van der Waals surface area (Å²) in [4.78, 5) is 9.78. The maximum absolute atomic E-state index is 9.78. The van der Waals surface area contributed by atoms with E-state index in [2.05, 4.69) is 4.74 Å². The molecular formula is C9H8ClO3. The van der Waals surface area contributed by atoms with Crippen LogP contribution in [0.1, 0.15) is 5.56 Å². The van der Waals surface area contributed by atoms with E-state index in [0.717, 1.165) is 5.56 Å². The number of halogens is 1. The zero-order valence-corrected chi connectivity index (χ0v) is 7.80. The van der Waals surface area contributed by atoms with E-state index in [9.17, 15) is 4.79 Å². The molecule has 69 valence electrons. The third-order valence-electron chi connectivity index (χ3n) is 1.51. The number of rotatable bonds is 4. The molecule has 0 aliphatic carbocycles. The van der Waals surface area contributed by atoms with E-state index in [0.29, 0.717) is 10.8 Å². The van der Waals surface area contributed by atoms with Gasteiger partial charge in [0.25, 0.3) is 0 Å². The second kappa shape index (κ2) is 4.72. The molecule has 0 bridgehead atoms. The Balaban J connectivity index is 2.76. The van der Waals surface area contributed by atoms with Gasteiger partial charge in [0.05, 0.1) is 12.1 Å². The number of methoxy groups -OCH3 is 1. The van der Waals surface area contributed by atoms with E-state index >= 15 is 0 Å². The average Bonchev–Trinajstić information content (AvgIpc) is 2.15. The lowest BCUT2D eigenvalue weighted by molar-refractivity contribution is 0.267. The minimum atomic E-state index is 0.174. The summed E-state index contributed by atoms with van der Waals surface area (Å²) < 4.78 is 9.40. The average molecular weight is 200 g/mol. The maximum Gasteiger partial charge on any atom is 0.417 e. The van der Waals surface area contributed by atoms with Crippen LogP contribution in [0.25, 0.3) is 0 Å². The molecule has 0 heterocycles. The number of benzene rings is 1. The molecule has 0 unspecified atom stereocenters. The highest BCUT2D eigenvalue weighted by atomic mass is 35.5. The summed E-state index contributed by atoms with van der Waals surface area (Å²) in [6, 6.07) is 5.16. The molecule has 3 nitrogen and oxygen atoms in total. The van der Waals surface area contributed by atoms with E-state index in [4.69, 9.17) is 16.3 Å². The van der Waals surface area contributed by atoms with Crippen LogP contribution in [0.4, 0.5) is 0 Å². The highest BCUT2D eigenvalue weighted by Crippen LogP contribution is 2.24. The first-order valence-corrected chi connectivity index (χ1v) is 3.97. The highest BCUT2D eigenvalue weighted by Gasteiger charge is 2.01. The van der Waals surface area contributed by atoms with Gasteiger partial charge in [-0.2, -0.15) is 0 Å². The molecule has 0 aliphatic heterocycles. The van der Waals surface area contributed by atoms with Gasteiger partial charge in [-0.1, -0.05) is 17.7 Å². The number of hydrogen-bond acceptors (Lipinski definition) is 3. The smallest absolute Gasteiger partial charge is 0.417 e. The summed E-state index contributed by atoms with van der Waals surface area (Å²) >= 11 is 5.83. The van der Waals surface area contributed by atoms with E-state index < -0.39 is 0 Å². The minimum absolute atomic E-state index is 0.174. The van der Waals surface area contributed by atoms with Gasteiger partial charge < -0.3 is 9.47 Å². The second-order valence-electron chi connectivity index (χ2n) is 2.34. The Morgan fingerprint density at radius 1 is 1.54 bits per heavy atom. The van der Waals surface area contributed by atoms with Crippen LogP contribution in [-0.2, 0) is 16.1 Å². The summed E-state index contributed by atoms with van der Waals surface area (Å²) in [6.07, 6.45) is 0. The van der Waals surface area contributed by atoms with Gasteiger partial charge in [-0.15, -0.1) is 0 Å². The molecule has 0 fully saturated rings. The molecule has 1 rings (SSSR count). The Morgan fingerprint density at radius 3 is 2.85 bits per heavy atom. The second-order valence-corrected chi connectivity index (χ2v) is 2.75. The fourth-order valence-corrected chi connectivity index (χ4v) is 1.19. The molecule has 13 heavy (non-hydrogen) atoms. The monoisotopic (exact) mass is 199 g/mol. The zero-order chi connectivity index (χ0) is 9.68. The van der Waals surface area contributed by atoms with Gasteiger partial charge in [-0.05, 0) is 17.7 Å². The molecule has 0 amide bonds. The highest BCUT2D eigenvalue weighted by molar-refractivity contribution is 6.32. The quantitative estimate of drug-likeness (QED) is 0.744. The van der Waals surface area contributed by atoms with Gasteiger partial charge in [-0.3, -0.25) is 0 Å². The van der Waals surface area contributed by atoms with Crippen LogP contribution in [0, 0.1) is 0 Å². The maximum atomic E-state index is 9.78. The zero-order valence-electron chi connectivity index (χ0n) is 7.04. The van der Waals surface area contributed by atoms with E-state index in [1.807, 2.05) is 0 Å². The molecule has 0 aliphatic rings. The van der Waals surface area contributed by atoms with Gasteiger partial charge in [-0.25, -0.2) is 4.79 Å². The molecule has 0 saturated carbocycles. The summed E-state index contributed by atoms with van der Waals surface area (Å²) in [5, 5.41) is 0.495. The predicted octanol–water partition coefficient (Wildman–Crippen LogP) is 1.93. The van der Waals surface area contributed by atoms with E-state index in [1.54, 1.807) is 18.2 Å². The van der Waals surface area contributed by atoms with E-state index in [-0.39, 0.29) is 6.61 Å². The fourth-order valence-electron chi connectivity index (χ4n) is 0.912. The van der Waals surface area contributed by atoms with Crippen LogP contribution in [0.3, 0.4) is 0 Å². The summed E-state index contributed by atoms with van der Waals surface area (Å²) in [7, 11) is 1.54. The van der Waals surface area contributed by atoms with Crippen LogP contribution < -0.4 is 4.74 Å². The minimum Gasteiger partial charge on any atom is -0.495 e. The van der Waals surface area contributed by atoms with Crippen molar-refractivity contribution < 1.29 is 14.3 Å². The predicted molar refractivity (Wildman–Crippen MR) is 48.5 cm³/mol. The van der Waals surface area contributed by atoms with Crippen molar-refractivity contribution in [2.24, 2.45) is 0 Å². The number of carbonyl (C=O) groups excluding carboxylic acids is 1. The van der Waals surface area contributed by atoms with Gasteiger partial charge in [0.2, 0.25) is 0 Å². The molecule has 1 aromatic rings. The molecule has 0 atom stereocenters.